The van der Waals surface area contributed by atoms with E-state index < -0.39 is 0 Å². The van der Waals surface area contributed by atoms with E-state index in [1.165, 1.54) is 13.0 Å². The number of likely N-dealkylation sites (tertiary alicyclic amines) is 1. The maximum Gasteiger partial charge on any atom is 0.0551 e. The first-order valence-corrected chi connectivity index (χ1v) is 5.73. The fraction of sp³-hybridized carbons (Fsp3) is 1.00. The summed E-state index contributed by atoms with van der Waals surface area (Å²) in [4.78, 5) is 2.58. The van der Waals surface area contributed by atoms with Crippen LogP contribution < -0.4 is 5.73 Å². The third-order valence-corrected chi connectivity index (χ3v) is 4.17. The summed E-state index contributed by atoms with van der Waals surface area (Å²) in [6, 6.07) is 0.698. The molecule has 3 heteroatoms. The molecular formula is C11H22N2O. The molecule has 2 aliphatic heterocycles. The van der Waals surface area contributed by atoms with E-state index in [-0.39, 0.29) is 5.41 Å². The van der Waals surface area contributed by atoms with Gasteiger partial charge in [0.15, 0.2) is 0 Å². The molecular weight excluding hydrogens is 176 g/mol. The van der Waals surface area contributed by atoms with Crippen molar-refractivity contribution in [3.8, 4) is 0 Å². The second kappa shape index (κ2) is 3.80. The van der Waals surface area contributed by atoms with Crippen molar-refractivity contribution >= 4 is 0 Å². The summed E-state index contributed by atoms with van der Waals surface area (Å²) in [5.41, 5.74) is 6.19. The van der Waals surface area contributed by atoms with Gasteiger partial charge in [0.2, 0.25) is 0 Å². The van der Waals surface area contributed by atoms with Gasteiger partial charge in [-0.2, -0.15) is 0 Å². The second-order valence-corrected chi connectivity index (χ2v) is 4.97. The predicted molar refractivity (Wildman–Crippen MR) is 57.1 cm³/mol. The normalized spacial score (nSPS) is 40.1. The molecule has 1 unspecified atom stereocenters. The third-order valence-electron chi connectivity index (χ3n) is 4.17. The summed E-state index contributed by atoms with van der Waals surface area (Å²) in [6.45, 7) is 9.47. The minimum atomic E-state index is 0.281. The molecule has 2 aliphatic rings. The topological polar surface area (TPSA) is 38.5 Å². The molecule has 2 N–H and O–H groups in total. The summed E-state index contributed by atoms with van der Waals surface area (Å²) in [5, 5.41) is 0. The first kappa shape index (κ1) is 10.4. The fourth-order valence-corrected chi connectivity index (χ4v) is 2.76. The van der Waals surface area contributed by atoms with Crippen LogP contribution in [-0.4, -0.2) is 43.8 Å². The highest BCUT2D eigenvalue weighted by Gasteiger charge is 2.50. The number of rotatable bonds is 3. The minimum absolute atomic E-state index is 0.281. The van der Waals surface area contributed by atoms with Gasteiger partial charge in [0, 0.05) is 37.0 Å². The average molecular weight is 198 g/mol. The quantitative estimate of drug-likeness (QED) is 0.725. The Kier molecular flexibility index (Phi) is 2.82. The summed E-state index contributed by atoms with van der Waals surface area (Å²) in [7, 11) is 0. The molecule has 0 aromatic rings. The Morgan fingerprint density at radius 3 is 3.00 bits per heavy atom. The predicted octanol–water partition coefficient (Wildman–Crippen LogP) is 0.692. The minimum Gasteiger partial charge on any atom is -0.380 e. The van der Waals surface area contributed by atoms with Gasteiger partial charge in [-0.25, -0.2) is 0 Å². The number of hydrogen-bond donors (Lipinski definition) is 1. The van der Waals surface area contributed by atoms with Gasteiger partial charge >= 0.3 is 0 Å². The lowest BCUT2D eigenvalue weighted by atomic mass is 9.81. The van der Waals surface area contributed by atoms with E-state index in [4.69, 9.17) is 10.5 Å². The van der Waals surface area contributed by atoms with Crippen LogP contribution in [0, 0.1) is 11.3 Å². The Hall–Kier alpha value is -0.120. The highest BCUT2D eigenvalue weighted by Crippen LogP contribution is 2.41. The second-order valence-electron chi connectivity index (χ2n) is 4.97. The number of nitrogens with two attached hydrogens (primary N) is 1. The molecule has 0 spiro atoms. The molecule has 2 saturated heterocycles. The Labute approximate surface area is 86.6 Å². The van der Waals surface area contributed by atoms with Crippen LogP contribution in [0.4, 0.5) is 0 Å². The van der Waals surface area contributed by atoms with Crippen LogP contribution in [0.2, 0.25) is 0 Å². The smallest absolute Gasteiger partial charge is 0.0551 e. The lowest BCUT2D eigenvalue weighted by Crippen LogP contribution is -2.39. The molecule has 0 aromatic heterocycles. The van der Waals surface area contributed by atoms with Crippen molar-refractivity contribution in [2.24, 2.45) is 17.1 Å². The maximum absolute atomic E-state index is 5.91. The molecule has 3 atom stereocenters. The first-order valence-electron chi connectivity index (χ1n) is 5.73. The fourth-order valence-electron chi connectivity index (χ4n) is 2.76. The van der Waals surface area contributed by atoms with Crippen LogP contribution >= 0.6 is 0 Å². The molecule has 0 saturated carbocycles. The molecule has 3 nitrogen and oxygen atoms in total. The average Bonchev–Trinajstić information content (AvgIpc) is 2.72. The maximum atomic E-state index is 5.91. The molecule has 0 aliphatic carbocycles. The zero-order chi connectivity index (χ0) is 10.2. The summed E-state index contributed by atoms with van der Waals surface area (Å²) in [5.74, 6) is 0.682. The van der Waals surface area contributed by atoms with E-state index in [2.05, 4.69) is 18.7 Å². The van der Waals surface area contributed by atoms with Crippen LogP contribution in [-0.2, 0) is 4.74 Å². The van der Waals surface area contributed by atoms with Gasteiger partial charge in [-0.1, -0.05) is 6.92 Å². The van der Waals surface area contributed by atoms with E-state index in [9.17, 15) is 0 Å². The standard InChI is InChI=1S/C11H22N2O/c1-3-9(2)13-4-10-5-14-8-11(10,6-12)7-13/h9-10H,3-8,12H2,1-2H3/t9?,10-,11+/m1/s1. The molecule has 2 heterocycles. The largest absolute Gasteiger partial charge is 0.380 e. The van der Waals surface area contributed by atoms with E-state index in [0.717, 1.165) is 26.3 Å². The van der Waals surface area contributed by atoms with Gasteiger partial charge in [0.25, 0.3) is 0 Å². The van der Waals surface area contributed by atoms with Crippen molar-refractivity contribution in [1.29, 1.82) is 0 Å². The Morgan fingerprint density at radius 1 is 1.64 bits per heavy atom. The molecule has 2 fully saturated rings. The molecule has 14 heavy (non-hydrogen) atoms. The van der Waals surface area contributed by atoms with Gasteiger partial charge in [0.1, 0.15) is 0 Å². The van der Waals surface area contributed by atoms with Crippen molar-refractivity contribution < 1.29 is 4.74 Å². The highest BCUT2D eigenvalue weighted by atomic mass is 16.5. The summed E-state index contributed by atoms with van der Waals surface area (Å²) >= 11 is 0. The number of hydrogen-bond acceptors (Lipinski definition) is 3. The van der Waals surface area contributed by atoms with Crippen molar-refractivity contribution in [2.45, 2.75) is 26.3 Å². The van der Waals surface area contributed by atoms with Crippen LogP contribution in [0.3, 0.4) is 0 Å². The molecule has 0 aromatic carbocycles. The molecule has 2 rings (SSSR count). The van der Waals surface area contributed by atoms with Gasteiger partial charge in [-0.3, -0.25) is 4.90 Å². The van der Waals surface area contributed by atoms with Gasteiger partial charge in [0.05, 0.1) is 13.2 Å². The number of nitrogens with zero attached hydrogens (tertiary/aromatic N) is 1. The summed E-state index contributed by atoms with van der Waals surface area (Å²) in [6.07, 6.45) is 1.23. The van der Waals surface area contributed by atoms with Crippen LogP contribution in [0.15, 0.2) is 0 Å². The van der Waals surface area contributed by atoms with Crippen LogP contribution in [0.5, 0.6) is 0 Å². The van der Waals surface area contributed by atoms with Crippen molar-refractivity contribution in [2.75, 3.05) is 32.8 Å². The van der Waals surface area contributed by atoms with Crippen LogP contribution in [0.25, 0.3) is 0 Å². The van der Waals surface area contributed by atoms with Gasteiger partial charge in [-0.15, -0.1) is 0 Å². The van der Waals surface area contributed by atoms with Gasteiger partial charge < -0.3 is 10.5 Å². The lowest BCUT2D eigenvalue weighted by molar-refractivity contribution is 0.119. The van der Waals surface area contributed by atoms with Gasteiger partial charge in [-0.05, 0) is 13.3 Å². The highest BCUT2D eigenvalue weighted by molar-refractivity contribution is 5.01. The monoisotopic (exact) mass is 198 g/mol. The van der Waals surface area contributed by atoms with E-state index >= 15 is 0 Å². The summed E-state index contributed by atoms with van der Waals surface area (Å²) < 4.78 is 5.56. The zero-order valence-corrected chi connectivity index (χ0v) is 9.33. The Balaban J connectivity index is 2.05. The molecule has 82 valence electrons. The van der Waals surface area contributed by atoms with Crippen molar-refractivity contribution in [3.63, 3.8) is 0 Å². The SMILES string of the molecule is CCC(C)N1C[C@@H]2COC[C@]2(CN)C1. The zero-order valence-electron chi connectivity index (χ0n) is 9.33. The first-order chi connectivity index (χ1) is 6.72. The molecule has 0 amide bonds. The molecule has 0 bridgehead atoms. The Bertz CT molecular complexity index is 209. The van der Waals surface area contributed by atoms with E-state index in [1.54, 1.807) is 0 Å². The van der Waals surface area contributed by atoms with Crippen molar-refractivity contribution in [1.82, 2.24) is 4.90 Å². The lowest BCUT2D eigenvalue weighted by Gasteiger charge is -2.27. The van der Waals surface area contributed by atoms with Crippen LogP contribution in [0.1, 0.15) is 20.3 Å². The third kappa shape index (κ3) is 1.47. The Morgan fingerprint density at radius 2 is 2.43 bits per heavy atom. The van der Waals surface area contributed by atoms with E-state index in [1.807, 2.05) is 0 Å². The van der Waals surface area contributed by atoms with E-state index in [0.29, 0.717) is 12.0 Å². The molecule has 0 radical (unpaired) electrons. The number of ether oxygens (including phenoxy) is 1. The number of fused-ring (bicyclic) bond motifs is 1. The van der Waals surface area contributed by atoms with Crippen molar-refractivity contribution in [3.05, 3.63) is 0 Å².